The van der Waals surface area contributed by atoms with Crippen LogP contribution >= 0.6 is 36.2 Å². The molecule has 0 bridgehead atoms. The van der Waals surface area contributed by atoms with Gasteiger partial charge in [-0.25, -0.2) is 9.37 Å². The van der Waals surface area contributed by atoms with Gasteiger partial charge in [0, 0.05) is 24.4 Å². The average molecular weight is 408 g/mol. The summed E-state index contributed by atoms with van der Waals surface area (Å²) >= 11 is 1.43. The van der Waals surface area contributed by atoms with Crippen molar-refractivity contribution in [2.75, 3.05) is 6.54 Å². The van der Waals surface area contributed by atoms with Crippen LogP contribution < -0.4 is 11.1 Å². The lowest BCUT2D eigenvalue weighted by atomic mass is 10.0. The van der Waals surface area contributed by atoms with Gasteiger partial charge in [0.1, 0.15) is 11.5 Å². The number of nitrogens with two attached hydrogens (primary N) is 1. The molecule has 0 spiro atoms. The maximum atomic E-state index is 12.9. The Balaban J connectivity index is 0.00000288. The Bertz CT molecular complexity index is 650. The second-order valence-electron chi connectivity index (χ2n) is 5.97. The highest BCUT2D eigenvalue weighted by Crippen LogP contribution is 2.16. The van der Waals surface area contributed by atoms with E-state index >= 15 is 0 Å². The number of aromatic nitrogens is 1. The van der Waals surface area contributed by atoms with Crippen LogP contribution in [0.25, 0.3) is 0 Å². The molecule has 1 atom stereocenters. The maximum absolute atomic E-state index is 12.9. The second kappa shape index (κ2) is 11.4. The molecule has 0 fully saturated rings. The Kier molecular flexibility index (Phi) is 10.9. The van der Waals surface area contributed by atoms with Crippen molar-refractivity contribution >= 4 is 42.1 Å². The minimum absolute atomic E-state index is 0. The van der Waals surface area contributed by atoms with Gasteiger partial charge in [0.2, 0.25) is 0 Å². The monoisotopic (exact) mass is 407 g/mol. The van der Waals surface area contributed by atoms with E-state index in [1.165, 1.54) is 23.5 Å². The summed E-state index contributed by atoms with van der Waals surface area (Å²) in [7, 11) is 0. The molecule has 25 heavy (non-hydrogen) atoms. The number of halogens is 3. The highest BCUT2D eigenvalue weighted by Gasteiger charge is 2.16. The van der Waals surface area contributed by atoms with Crippen LogP contribution in [0.2, 0.25) is 0 Å². The highest BCUT2D eigenvalue weighted by molar-refractivity contribution is 7.09. The Morgan fingerprint density at radius 1 is 1.28 bits per heavy atom. The first-order valence-corrected chi connectivity index (χ1v) is 8.55. The zero-order valence-corrected chi connectivity index (χ0v) is 16.6. The highest BCUT2D eigenvalue weighted by atomic mass is 35.5. The SMILES string of the molecule is CC(C)CC(CN)NC(=O)c1csc(Cc2ccc(F)cc2)n1.Cl.Cl. The lowest BCUT2D eigenvalue weighted by Gasteiger charge is -2.18. The normalized spacial score (nSPS) is 11.4. The van der Waals surface area contributed by atoms with Crippen molar-refractivity contribution in [1.82, 2.24) is 10.3 Å². The fraction of sp³-hybridized carbons (Fsp3) is 0.412. The molecule has 0 aliphatic carbocycles. The molecule has 4 nitrogen and oxygen atoms in total. The molecule has 8 heteroatoms. The number of carbonyl (C=O) groups is 1. The van der Waals surface area contributed by atoms with Gasteiger partial charge in [-0.15, -0.1) is 36.2 Å². The third-order valence-corrected chi connectivity index (χ3v) is 4.28. The molecule has 1 amide bonds. The topological polar surface area (TPSA) is 68.0 Å². The van der Waals surface area contributed by atoms with Crippen molar-refractivity contribution < 1.29 is 9.18 Å². The van der Waals surface area contributed by atoms with Crippen molar-refractivity contribution in [3.05, 3.63) is 51.7 Å². The molecule has 0 aliphatic heterocycles. The molecule has 2 aromatic rings. The van der Waals surface area contributed by atoms with Gasteiger partial charge in [-0.2, -0.15) is 0 Å². The maximum Gasteiger partial charge on any atom is 0.271 e. The van der Waals surface area contributed by atoms with E-state index in [0.717, 1.165) is 17.0 Å². The molecule has 0 saturated heterocycles. The Hall–Kier alpha value is -1.21. The standard InChI is InChI=1S/C17H22FN3OS.2ClH/c1-11(2)7-14(9-19)20-17(22)15-10-23-16(21-15)8-12-3-5-13(18)6-4-12;;/h3-6,10-11,14H,7-9,19H2,1-2H3,(H,20,22);2*1H. The van der Waals surface area contributed by atoms with Gasteiger partial charge in [0.05, 0.1) is 5.01 Å². The van der Waals surface area contributed by atoms with E-state index in [1.807, 2.05) is 0 Å². The molecular formula is C17H24Cl2FN3OS. The van der Waals surface area contributed by atoms with E-state index in [1.54, 1.807) is 17.5 Å². The van der Waals surface area contributed by atoms with Crippen molar-refractivity contribution in [2.24, 2.45) is 11.7 Å². The summed E-state index contributed by atoms with van der Waals surface area (Å²) in [4.78, 5) is 16.6. The van der Waals surface area contributed by atoms with Gasteiger partial charge in [0.15, 0.2) is 0 Å². The first kappa shape index (κ1) is 23.8. The third-order valence-electron chi connectivity index (χ3n) is 3.43. The number of amides is 1. The number of rotatable bonds is 7. The first-order valence-electron chi connectivity index (χ1n) is 7.67. The van der Waals surface area contributed by atoms with E-state index in [2.05, 4.69) is 24.1 Å². The van der Waals surface area contributed by atoms with Gasteiger partial charge >= 0.3 is 0 Å². The largest absolute Gasteiger partial charge is 0.347 e. The second-order valence-corrected chi connectivity index (χ2v) is 6.91. The lowest BCUT2D eigenvalue weighted by Crippen LogP contribution is -2.41. The predicted octanol–water partition coefficient (Wildman–Crippen LogP) is 3.82. The van der Waals surface area contributed by atoms with Gasteiger partial charge in [-0.3, -0.25) is 4.79 Å². The summed E-state index contributed by atoms with van der Waals surface area (Å²) in [6.07, 6.45) is 1.43. The summed E-state index contributed by atoms with van der Waals surface area (Å²) in [6.45, 7) is 4.60. The molecular weight excluding hydrogens is 384 g/mol. The number of nitrogens with zero attached hydrogens (tertiary/aromatic N) is 1. The zero-order valence-electron chi connectivity index (χ0n) is 14.2. The van der Waals surface area contributed by atoms with E-state index in [9.17, 15) is 9.18 Å². The first-order chi connectivity index (χ1) is 11.0. The van der Waals surface area contributed by atoms with Crippen LogP contribution in [-0.2, 0) is 6.42 Å². The minimum Gasteiger partial charge on any atom is -0.347 e. The zero-order chi connectivity index (χ0) is 16.8. The fourth-order valence-corrected chi connectivity index (χ4v) is 3.12. The fourth-order valence-electron chi connectivity index (χ4n) is 2.32. The predicted molar refractivity (Wildman–Crippen MR) is 106 cm³/mol. The lowest BCUT2D eigenvalue weighted by molar-refractivity contribution is 0.0929. The molecule has 1 aromatic carbocycles. The Labute approximate surface area is 164 Å². The van der Waals surface area contributed by atoms with Crippen LogP contribution in [0.1, 0.15) is 41.3 Å². The summed E-state index contributed by atoms with van der Waals surface area (Å²) in [5.41, 5.74) is 7.08. The number of benzene rings is 1. The van der Waals surface area contributed by atoms with Crippen LogP contribution in [0.3, 0.4) is 0 Å². The quantitative estimate of drug-likeness (QED) is 0.732. The van der Waals surface area contributed by atoms with E-state index in [0.29, 0.717) is 24.6 Å². The molecule has 140 valence electrons. The summed E-state index contributed by atoms with van der Waals surface area (Å²) in [5.74, 6) is 0.0157. The number of hydrogen-bond donors (Lipinski definition) is 2. The summed E-state index contributed by atoms with van der Waals surface area (Å²) in [5, 5.41) is 5.51. The number of thiazole rings is 1. The van der Waals surface area contributed by atoms with E-state index in [-0.39, 0.29) is 42.6 Å². The van der Waals surface area contributed by atoms with Crippen LogP contribution in [-0.4, -0.2) is 23.5 Å². The average Bonchev–Trinajstić information content (AvgIpc) is 2.97. The van der Waals surface area contributed by atoms with Gasteiger partial charge in [-0.05, 0) is 30.0 Å². The summed E-state index contributed by atoms with van der Waals surface area (Å²) < 4.78 is 12.9. The molecule has 1 aromatic heterocycles. The molecule has 1 heterocycles. The van der Waals surface area contributed by atoms with Crippen LogP contribution in [0, 0.1) is 11.7 Å². The number of carbonyl (C=O) groups excluding carboxylic acids is 1. The van der Waals surface area contributed by atoms with Crippen LogP contribution in [0.4, 0.5) is 4.39 Å². The van der Waals surface area contributed by atoms with Crippen molar-refractivity contribution in [2.45, 2.75) is 32.7 Å². The third kappa shape index (κ3) is 7.69. The number of hydrogen-bond acceptors (Lipinski definition) is 4. The molecule has 1 unspecified atom stereocenters. The summed E-state index contributed by atoms with van der Waals surface area (Å²) in [6, 6.07) is 6.26. The van der Waals surface area contributed by atoms with Crippen LogP contribution in [0.15, 0.2) is 29.6 Å². The van der Waals surface area contributed by atoms with Gasteiger partial charge < -0.3 is 11.1 Å². The molecule has 0 aliphatic rings. The minimum atomic E-state index is -0.258. The van der Waals surface area contributed by atoms with Crippen molar-refractivity contribution in [3.8, 4) is 0 Å². The van der Waals surface area contributed by atoms with E-state index in [4.69, 9.17) is 5.73 Å². The molecule has 3 N–H and O–H groups in total. The number of nitrogens with one attached hydrogen (secondary N) is 1. The van der Waals surface area contributed by atoms with Gasteiger partial charge in [-0.1, -0.05) is 26.0 Å². The molecule has 2 rings (SSSR count). The van der Waals surface area contributed by atoms with E-state index < -0.39 is 0 Å². The smallest absolute Gasteiger partial charge is 0.271 e. The Morgan fingerprint density at radius 2 is 1.92 bits per heavy atom. The Morgan fingerprint density at radius 3 is 2.48 bits per heavy atom. The van der Waals surface area contributed by atoms with Crippen molar-refractivity contribution in [3.63, 3.8) is 0 Å². The van der Waals surface area contributed by atoms with Crippen LogP contribution in [0.5, 0.6) is 0 Å². The molecule has 0 radical (unpaired) electrons. The van der Waals surface area contributed by atoms with Crippen molar-refractivity contribution in [1.29, 1.82) is 0 Å². The molecule has 0 saturated carbocycles. The van der Waals surface area contributed by atoms with Gasteiger partial charge in [0.25, 0.3) is 5.91 Å².